The zero-order chi connectivity index (χ0) is 13.9. The molecule has 0 spiro atoms. The molecule has 1 aromatic heterocycles. The average molecular weight is 284 g/mol. The second kappa shape index (κ2) is 5.39. The summed E-state index contributed by atoms with van der Waals surface area (Å²) in [5, 5.41) is 5.20. The van der Waals surface area contributed by atoms with Gasteiger partial charge in [0.1, 0.15) is 5.69 Å². The molecule has 0 radical (unpaired) electrons. The van der Waals surface area contributed by atoms with E-state index in [9.17, 15) is 0 Å². The van der Waals surface area contributed by atoms with Crippen molar-refractivity contribution in [3.8, 4) is 11.3 Å². The number of rotatable bonds is 3. The van der Waals surface area contributed by atoms with Crippen molar-refractivity contribution in [2.75, 3.05) is 5.73 Å². The molecule has 0 aliphatic rings. The van der Waals surface area contributed by atoms with Crippen LogP contribution in [0.1, 0.15) is 5.56 Å². The van der Waals surface area contributed by atoms with Crippen LogP contribution in [0.2, 0.25) is 5.02 Å². The van der Waals surface area contributed by atoms with Crippen molar-refractivity contribution in [2.24, 2.45) is 0 Å². The number of aromatic nitrogens is 2. The molecule has 3 aromatic rings. The quantitative estimate of drug-likeness (QED) is 0.794. The Morgan fingerprint density at radius 1 is 1.00 bits per heavy atom. The van der Waals surface area contributed by atoms with E-state index in [4.69, 9.17) is 17.3 Å². The maximum atomic E-state index is 6.20. The minimum absolute atomic E-state index is 0.633. The summed E-state index contributed by atoms with van der Waals surface area (Å²) in [4.78, 5) is 0. The van der Waals surface area contributed by atoms with E-state index in [1.165, 1.54) is 5.56 Å². The highest BCUT2D eigenvalue weighted by Gasteiger charge is 2.11. The number of hydrogen-bond acceptors (Lipinski definition) is 2. The zero-order valence-corrected chi connectivity index (χ0v) is 11.6. The van der Waals surface area contributed by atoms with Gasteiger partial charge < -0.3 is 5.73 Å². The summed E-state index contributed by atoms with van der Waals surface area (Å²) in [7, 11) is 0. The second-order valence-corrected chi connectivity index (χ2v) is 5.00. The molecule has 2 aromatic carbocycles. The first-order valence-electron chi connectivity index (χ1n) is 6.36. The number of halogens is 1. The fourth-order valence-corrected chi connectivity index (χ4v) is 2.38. The minimum Gasteiger partial charge on any atom is -0.396 e. The lowest BCUT2D eigenvalue weighted by Gasteiger charge is -2.02. The highest BCUT2D eigenvalue weighted by atomic mass is 35.5. The van der Waals surface area contributed by atoms with E-state index < -0.39 is 0 Å². The monoisotopic (exact) mass is 283 g/mol. The van der Waals surface area contributed by atoms with Gasteiger partial charge in [0, 0.05) is 11.8 Å². The fourth-order valence-electron chi connectivity index (χ4n) is 2.15. The van der Waals surface area contributed by atoms with Crippen LogP contribution in [0.25, 0.3) is 11.3 Å². The lowest BCUT2D eigenvalue weighted by atomic mass is 10.1. The molecular weight excluding hydrogens is 270 g/mol. The summed E-state index contributed by atoms with van der Waals surface area (Å²) in [6, 6.07) is 17.7. The van der Waals surface area contributed by atoms with E-state index >= 15 is 0 Å². The van der Waals surface area contributed by atoms with Crippen molar-refractivity contribution in [3.63, 3.8) is 0 Å². The van der Waals surface area contributed by atoms with Crippen molar-refractivity contribution in [3.05, 3.63) is 71.4 Å². The van der Waals surface area contributed by atoms with E-state index in [0.717, 1.165) is 11.3 Å². The van der Waals surface area contributed by atoms with Crippen LogP contribution in [0.3, 0.4) is 0 Å². The molecule has 0 saturated carbocycles. The summed E-state index contributed by atoms with van der Waals surface area (Å²) in [5.41, 5.74) is 9.46. The van der Waals surface area contributed by atoms with Gasteiger partial charge in [0.05, 0.1) is 17.3 Å². The first kappa shape index (κ1) is 12.8. The number of nitrogens with zero attached hydrogens (tertiary/aromatic N) is 2. The summed E-state index contributed by atoms with van der Waals surface area (Å²) in [6.45, 7) is 0.690. The maximum Gasteiger partial charge on any atom is 0.117 e. The SMILES string of the molecule is Nc1cn(Cc2ccccc2)nc1-c1ccccc1Cl. The highest BCUT2D eigenvalue weighted by molar-refractivity contribution is 6.33. The largest absolute Gasteiger partial charge is 0.396 e. The number of hydrogen-bond donors (Lipinski definition) is 1. The molecule has 0 saturated heterocycles. The maximum absolute atomic E-state index is 6.20. The van der Waals surface area contributed by atoms with Crippen LogP contribution < -0.4 is 5.73 Å². The first-order valence-corrected chi connectivity index (χ1v) is 6.73. The average Bonchev–Trinajstić information content (AvgIpc) is 2.81. The Morgan fingerprint density at radius 2 is 1.70 bits per heavy atom. The van der Waals surface area contributed by atoms with E-state index in [0.29, 0.717) is 17.3 Å². The van der Waals surface area contributed by atoms with Crippen molar-refractivity contribution in [1.82, 2.24) is 9.78 Å². The summed E-state index contributed by atoms with van der Waals surface area (Å²) in [5.74, 6) is 0. The summed E-state index contributed by atoms with van der Waals surface area (Å²) in [6.07, 6.45) is 1.84. The van der Waals surface area contributed by atoms with Crippen molar-refractivity contribution in [1.29, 1.82) is 0 Å². The number of benzene rings is 2. The van der Waals surface area contributed by atoms with Crippen LogP contribution in [0.5, 0.6) is 0 Å². The minimum atomic E-state index is 0.633. The van der Waals surface area contributed by atoms with Crippen LogP contribution in [0.15, 0.2) is 60.8 Å². The Balaban J connectivity index is 1.94. The molecule has 0 amide bonds. The third-order valence-corrected chi connectivity index (χ3v) is 3.44. The molecule has 0 bridgehead atoms. The van der Waals surface area contributed by atoms with Gasteiger partial charge in [-0.1, -0.05) is 60.1 Å². The zero-order valence-electron chi connectivity index (χ0n) is 10.8. The van der Waals surface area contributed by atoms with E-state index in [-0.39, 0.29) is 0 Å². The standard InChI is InChI=1S/C16H14ClN3/c17-14-9-5-4-8-13(14)16-15(18)11-20(19-16)10-12-6-2-1-3-7-12/h1-9,11H,10,18H2. The first-order chi connectivity index (χ1) is 9.74. The van der Waals surface area contributed by atoms with E-state index in [1.807, 2.05) is 53.3 Å². The number of nitrogens with two attached hydrogens (primary N) is 1. The molecule has 0 unspecified atom stereocenters. The van der Waals surface area contributed by atoms with E-state index in [1.54, 1.807) is 0 Å². The molecule has 4 heteroatoms. The Bertz CT molecular complexity index is 720. The Labute approximate surface area is 122 Å². The van der Waals surface area contributed by atoms with Gasteiger partial charge in [-0.05, 0) is 11.6 Å². The molecule has 0 aliphatic carbocycles. The van der Waals surface area contributed by atoms with Gasteiger partial charge in [-0.25, -0.2) is 0 Å². The number of anilines is 1. The highest BCUT2D eigenvalue weighted by Crippen LogP contribution is 2.30. The van der Waals surface area contributed by atoms with E-state index in [2.05, 4.69) is 17.2 Å². The summed E-state index contributed by atoms with van der Waals surface area (Å²) < 4.78 is 1.84. The van der Waals surface area contributed by atoms with Gasteiger partial charge in [0.25, 0.3) is 0 Å². The van der Waals surface area contributed by atoms with Gasteiger partial charge in [0.15, 0.2) is 0 Å². The molecule has 3 rings (SSSR count). The van der Waals surface area contributed by atoms with Gasteiger partial charge in [-0.2, -0.15) is 5.10 Å². The van der Waals surface area contributed by atoms with Crippen LogP contribution >= 0.6 is 11.6 Å². The normalized spacial score (nSPS) is 10.7. The lowest BCUT2D eigenvalue weighted by Crippen LogP contribution is -2.00. The molecule has 20 heavy (non-hydrogen) atoms. The Kier molecular flexibility index (Phi) is 3.44. The molecule has 2 N–H and O–H groups in total. The van der Waals surface area contributed by atoms with Crippen LogP contribution in [-0.4, -0.2) is 9.78 Å². The van der Waals surface area contributed by atoms with Crippen LogP contribution in [-0.2, 0) is 6.54 Å². The van der Waals surface area contributed by atoms with Gasteiger partial charge >= 0.3 is 0 Å². The second-order valence-electron chi connectivity index (χ2n) is 4.60. The Hall–Kier alpha value is -2.26. The third-order valence-electron chi connectivity index (χ3n) is 3.11. The van der Waals surface area contributed by atoms with Gasteiger partial charge in [-0.3, -0.25) is 4.68 Å². The molecule has 0 atom stereocenters. The Morgan fingerprint density at radius 3 is 2.45 bits per heavy atom. The summed E-state index contributed by atoms with van der Waals surface area (Å²) >= 11 is 6.20. The smallest absolute Gasteiger partial charge is 0.117 e. The predicted molar refractivity (Wildman–Crippen MR) is 82.6 cm³/mol. The molecule has 1 heterocycles. The fraction of sp³-hybridized carbons (Fsp3) is 0.0625. The van der Waals surface area contributed by atoms with Gasteiger partial charge in [-0.15, -0.1) is 0 Å². The lowest BCUT2D eigenvalue weighted by molar-refractivity contribution is 0.689. The third kappa shape index (κ3) is 2.53. The van der Waals surface area contributed by atoms with Gasteiger partial charge in [0.2, 0.25) is 0 Å². The predicted octanol–water partition coefficient (Wildman–Crippen LogP) is 3.83. The number of nitrogen functional groups attached to an aromatic ring is 1. The molecule has 0 fully saturated rings. The van der Waals surface area contributed by atoms with Crippen LogP contribution in [0.4, 0.5) is 5.69 Å². The van der Waals surface area contributed by atoms with Crippen molar-refractivity contribution < 1.29 is 0 Å². The molecule has 100 valence electrons. The molecule has 0 aliphatic heterocycles. The van der Waals surface area contributed by atoms with Crippen molar-refractivity contribution in [2.45, 2.75) is 6.54 Å². The molecular formula is C16H14ClN3. The molecule has 3 nitrogen and oxygen atoms in total. The van der Waals surface area contributed by atoms with Crippen LogP contribution in [0, 0.1) is 0 Å². The van der Waals surface area contributed by atoms with Crippen molar-refractivity contribution >= 4 is 17.3 Å². The topological polar surface area (TPSA) is 43.8 Å².